The Labute approximate surface area is 143 Å². The summed E-state index contributed by atoms with van der Waals surface area (Å²) in [7, 11) is 0. The van der Waals surface area contributed by atoms with Crippen LogP contribution in [-0.2, 0) is 14.3 Å². The molecule has 0 saturated heterocycles. The van der Waals surface area contributed by atoms with E-state index in [4.69, 9.17) is 27.9 Å². The molecule has 118 valence electrons. The normalized spacial score (nSPS) is 10.5. The number of ether oxygens (including phenoxy) is 1. The molecular formula is C17H13Cl2NO3. The average Bonchev–Trinajstić information content (AvgIpc) is 2.53. The molecule has 0 aromatic heterocycles. The lowest BCUT2D eigenvalue weighted by Gasteiger charge is -2.06. The van der Waals surface area contributed by atoms with Gasteiger partial charge in [-0.1, -0.05) is 47.5 Å². The van der Waals surface area contributed by atoms with E-state index in [1.807, 2.05) is 0 Å². The molecular weight excluding hydrogens is 337 g/mol. The lowest BCUT2D eigenvalue weighted by Crippen LogP contribution is -2.20. The van der Waals surface area contributed by atoms with Crippen LogP contribution in [0.5, 0.6) is 0 Å². The zero-order valence-electron chi connectivity index (χ0n) is 12.0. The molecule has 0 fully saturated rings. The Kier molecular flexibility index (Phi) is 6.20. The highest BCUT2D eigenvalue weighted by atomic mass is 35.5. The fourth-order valence-electron chi connectivity index (χ4n) is 1.71. The maximum absolute atomic E-state index is 11.7. The minimum Gasteiger partial charge on any atom is -0.452 e. The van der Waals surface area contributed by atoms with Gasteiger partial charge in [0.25, 0.3) is 5.91 Å². The summed E-state index contributed by atoms with van der Waals surface area (Å²) in [5, 5.41) is 3.54. The number of hydrogen-bond donors (Lipinski definition) is 1. The van der Waals surface area contributed by atoms with Gasteiger partial charge in [0.05, 0.1) is 10.7 Å². The highest BCUT2D eigenvalue weighted by molar-refractivity contribution is 6.33. The minimum atomic E-state index is -0.626. The molecule has 23 heavy (non-hydrogen) atoms. The van der Waals surface area contributed by atoms with Gasteiger partial charge in [-0.2, -0.15) is 0 Å². The number of carbonyl (C=O) groups excluding carboxylic acids is 2. The Morgan fingerprint density at radius 2 is 1.87 bits per heavy atom. The van der Waals surface area contributed by atoms with Crippen LogP contribution in [0.2, 0.25) is 10.0 Å². The number of hydrogen-bond acceptors (Lipinski definition) is 3. The van der Waals surface area contributed by atoms with Gasteiger partial charge in [-0.25, -0.2) is 4.79 Å². The Bertz CT molecular complexity index is 744. The van der Waals surface area contributed by atoms with Crippen LogP contribution in [0.25, 0.3) is 6.08 Å². The third kappa shape index (κ3) is 5.77. The predicted octanol–water partition coefficient (Wildman–Crippen LogP) is 4.19. The van der Waals surface area contributed by atoms with Gasteiger partial charge in [0.1, 0.15) is 0 Å². The van der Waals surface area contributed by atoms with E-state index in [-0.39, 0.29) is 0 Å². The standard InChI is InChI=1S/C17H13Cl2NO3/c18-13-5-3-4-12(10-13)8-9-17(22)23-11-16(21)20-15-7-2-1-6-14(15)19/h1-10H,11H2,(H,20,21)/b9-8+. The molecule has 0 saturated carbocycles. The van der Waals surface area contributed by atoms with Crippen molar-refractivity contribution in [2.75, 3.05) is 11.9 Å². The van der Waals surface area contributed by atoms with Crippen LogP contribution >= 0.6 is 23.2 Å². The van der Waals surface area contributed by atoms with Crippen molar-refractivity contribution in [3.63, 3.8) is 0 Å². The molecule has 1 amide bonds. The zero-order chi connectivity index (χ0) is 16.7. The van der Waals surface area contributed by atoms with Crippen molar-refractivity contribution >= 4 is 46.8 Å². The largest absolute Gasteiger partial charge is 0.452 e. The summed E-state index contributed by atoms with van der Waals surface area (Å²) < 4.78 is 4.85. The number of rotatable bonds is 5. The number of halogens is 2. The second-order valence-electron chi connectivity index (χ2n) is 4.52. The molecule has 0 bridgehead atoms. The number of carbonyl (C=O) groups is 2. The fraction of sp³-hybridized carbons (Fsp3) is 0.0588. The van der Waals surface area contributed by atoms with Gasteiger partial charge in [0, 0.05) is 11.1 Å². The molecule has 0 heterocycles. The first kappa shape index (κ1) is 17.1. The quantitative estimate of drug-likeness (QED) is 0.650. The Morgan fingerprint density at radius 1 is 1.09 bits per heavy atom. The highest BCUT2D eigenvalue weighted by Gasteiger charge is 2.07. The van der Waals surface area contributed by atoms with Gasteiger partial charge in [-0.15, -0.1) is 0 Å². The van der Waals surface area contributed by atoms with Crippen LogP contribution in [0, 0.1) is 0 Å². The van der Waals surface area contributed by atoms with Crippen LogP contribution in [0.4, 0.5) is 5.69 Å². The molecule has 0 atom stereocenters. The second kappa shape index (κ2) is 8.36. The predicted molar refractivity (Wildman–Crippen MR) is 91.5 cm³/mol. The second-order valence-corrected chi connectivity index (χ2v) is 5.37. The Morgan fingerprint density at radius 3 is 2.61 bits per heavy atom. The van der Waals surface area contributed by atoms with Crippen LogP contribution in [0.15, 0.2) is 54.6 Å². The monoisotopic (exact) mass is 349 g/mol. The van der Waals surface area contributed by atoms with E-state index < -0.39 is 18.5 Å². The lowest BCUT2D eigenvalue weighted by atomic mass is 10.2. The summed E-state index contributed by atoms with van der Waals surface area (Å²) in [6.07, 6.45) is 2.79. The molecule has 6 heteroatoms. The average molecular weight is 350 g/mol. The van der Waals surface area contributed by atoms with Crippen LogP contribution in [0.1, 0.15) is 5.56 Å². The SMILES string of the molecule is O=C(COC(=O)/C=C/c1cccc(Cl)c1)Nc1ccccc1Cl. The van der Waals surface area contributed by atoms with Gasteiger partial charge in [-0.05, 0) is 35.9 Å². The van der Waals surface area contributed by atoms with Gasteiger partial charge in [0.2, 0.25) is 0 Å². The molecule has 2 aromatic carbocycles. The van der Waals surface area contributed by atoms with Gasteiger partial charge >= 0.3 is 5.97 Å². The lowest BCUT2D eigenvalue weighted by molar-refractivity contribution is -0.142. The van der Waals surface area contributed by atoms with E-state index in [1.54, 1.807) is 54.6 Å². The van der Waals surface area contributed by atoms with E-state index in [1.165, 1.54) is 6.08 Å². The maximum Gasteiger partial charge on any atom is 0.331 e. The fourth-order valence-corrected chi connectivity index (χ4v) is 2.09. The first-order valence-corrected chi connectivity index (χ1v) is 7.45. The van der Waals surface area contributed by atoms with Crippen LogP contribution in [-0.4, -0.2) is 18.5 Å². The minimum absolute atomic E-state index is 0.399. The summed E-state index contributed by atoms with van der Waals surface area (Å²) in [6, 6.07) is 13.8. The van der Waals surface area contributed by atoms with Gasteiger partial charge in [-0.3, -0.25) is 4.79 Å². The van der Waals surface area contributed by atoms with E-state index in [0.29, 0.717) is 15.7 Å². The first-order valence-electron chi connectivity index (χ1n) is 6.69. The van der Waals surface area contributed by atoms with Crippen molar-refractivity contribution in [2.24, 2.45) is 0 Å². The molecule has 0 aliphatic heterocycles. The van der Waals surface area contributed by atoms with Gasteiger partial charge < -0.3 is 10.1 Å². The van der Waals surface area contributed by atoms with Crippen molar-refractivity contribution < 1.29 is 14.3 Å². The molecule has 4 nitrogen and oxygen atoms in total. The van der Waals surface area contributed by atoms with E-state index in [9.17, 15) is 9.59 Å². The smallest absolute Gasteiger partial charge is 0.331 e. The number of para-hydroxylation sites is 1. The number of anilines is 1. The molecule has 0 spiro atoms. The van der Waals surface area contributed by atoms with Crippen molar-refractivity contribution in [3.8, 4) is 0 Å². The molecule has 2 aromatic rings. The number of benzene rings is 2. The van der Waals surface area contributed by atoms with E-state index in [0.717, 1.165) is 5.56 Å². The van der Waals surface area contributed by atoms with Crippen LogP contribution < -0.4 is 5.32 Å². The van der Waals surface area contributed by atoms with Gasteiger partial charge in [0.15, 0.2) is 6.61 Å². The van der Waals surface area contributed by atoms with Crippen molar-refractivity contribution in [3.05, 3.63) is 70.2 Å². The van der Waals surface area contributed by atoms with E-state index in [2.05, 4.69) is 5.32 Å². The molecule has 0 radical (unpaired) electrons. The third-order valence-corrected chi connectivity index (χ3v) is 3.32. The summed E-state index contributed by atoms with van der Waals surface area (Å²) in [5.74, 6) is -1.10. The number of amides is 1. The molecule has 0 aliphatic carbocycles. The molecule has 2 rings (SSSR count). The third-order valence-electron chi connectivity index (χ3n) is 2.75. The summed E-state index contributed by atoms with van der Waals surface area (Å²) in [5.41, 5.74) is 1.22. The van der Waals surface area contributed by atoms with Crippen molar-refractivity contribution in [1.29, 1.82) is 0 Å². The molecule has 1 N–H and O–H groups in total. The summed E-state index contributed by atoms with van der Waals surface area (Å²) >= 11 is 11.8. The first-order chi connectivity index (χ1) is 11.0. The van der Waals surface area contributed by atoms with Crippen molar-refractivity contribution in [1.82, 2.24) is 0 Å². The maximum atomic E-state index is 11.7. The number of nitrogens with one attached hydrogen (secondary N) is 1. The highest BCUT2D eigenvalue weighted by Crippen LogP contribution is 2.20. The molecule has 0 aliphatic rings. The molecule has 0 unspecified atom stereocenters. The van der Waals surface area contributed by atoms with E-state index >= 15 is 0 Å². The topological polar surface area (TPSA) is 55.4 Å². The Hall–Kier alpha value is -2.30. The Balaban J connectivity index is 1.82. The zero-order valence-corrected chi connectivity index (χ0v) is 13.5. The van der Waals surface area contributed by atoms with Crippen molar-refractivity contribution in [2.45, 2.75) is 0 Å². The van der Waals surface area contributed by atoms with Crippen LogP contribution in [0.3, 0.4) is 0 Å². The summed E-state index contributed by atoms with van der Waals surface area (Å²) in [4.78, 5) is 23.3. The summed E-state index contributed by atoms with van der Waals surface area (Å²) in [6.45, 7) is -0.399. The number of esters is 1.